The highest BCUT2D eigenvalue weighted by molar-refractivity contribution is 5.60. The van der Waals surface area contributed by atoms with Gasteiger partial charge in [0.1, 0.15) is 5.69 Å². The molecule has 1 unspecified atom stereocenters. The molecule has 2 rings (SSSR count). The van der Waals surface area contributed by atoms with Gasteiger partial charge in [-0.1, -0.05) is 6.92 Å². The Hall–Kier alpha value is -1.56. The van der Waals surface area contributed by atoms with E-state index in [1.807, 2.05) is 11.9 Å². The van der Waals surface area contributed by atoms with Crippen molar-refractivity contribution in [2.75, 3.05) is 37.3 Å². The van der Waals surface area contributed by atoms with E-state index in [9.17, 15) is 4.79 Å². The van der Waals surface area contributed by atoms with Crippen molar-refractivity contribution in [1.29, 1.82) is 0 Å². The molecular formula is C12H21N5O. The Morgan fingerprint density at radius 2 is 2.44 bits per heavy atom. The Kier molecular flexibility index (Phi) is 3.86. The van der Waals surface area contributed by atoms with Gasteiger partial charge in [0.05, 0.1) is 6.33 Å². The summed E-state index contributed by atoms with van der Waals surface area (Å²) < 4.78 is 0. The molecule has 0 spiro atoms. The minimum Gasteiger partial charge on any atom is -0.391 e. The molecule has 0 amide bonds. The number of hydrogen-bond donors (Lipinski definition) is 2. The first-order chi connectivity index (χ1) is 8.63. The van der Waals surface area contributed by atoms with E-state index in [1.165, 1.54) is 19.2 Å². The molecule has 2 heterocycles. The maximum Gasteiger partial charge on any atom is 0.276 e. The first-order valence-corrected chi connectivity index (χ1v) is 6.41. The van der Waals surface area contributed by atoms with Crippen LogP contribution in [-0.2, 0) is 0 Å². The summed E-state index contributed by atoms with van der Waals surface area (Å²) in [6.07, 6.45) is 3.84. The highest BCUT2D eigenvalue weighted by Crippen LogP contribution is 2.20. The third kappa shape index (κ3) is 2.48. The molecule has 18 heavy (non-hydrogen) atoms. The van der Waals surface area contributed by atoms with Crippen molar-refractivity contribution in [3.63, 3.8) is 0 Å². The van der Waals surface area contributed by atoms with E-state index in [-0.39, 0.29) is 11.2 Å². The average molecular weight is 251 g/mol. The van der Waals surface area contributed by atoms with Crippen LogP contribution in [0.2, 0.25) is 0 Å². The van der Waals surface area contributed by atoms with Gasteiger partial charge in [-0.15, -0.1) is 0 Å². The van der Waals surface area contributed by atoms with E-state index in [2.05, 4.69) is 21.8 Å². The van der Waals surface area contributed by atoms with Crippen molar-refractivity contribution < 1.29 is 0 Å². The zero-order chi connectivity index (χ0) is 13.1. The number of aromatic nitrogens is 2. The Balaban J connectivity index is 2.10. The Morgan fingerprint density at radius 3 is 3.17 bits per heavy atom. The monoisotopic (exact) mass is 251 g/mol. The predicted octanol–water partition coefficient (Wildman–Crippen LogP) is 0.273. The number of aromatic amines is 1. The minimum absolute atomic E-state index is 0.195. The number of nitrogens with zero attached hydrogens (tertiary/aromatic N) is 3. The van der Waals surface area contributed by atoms with E-state index in [0.29, 0.717) is 11.9 Å². The van der Waals surface area contributed by atoms with Crippen LogP contribution in [0.15, 0.2) is 11.1 Å². The standard InChI is InChI=1S/C12H21N5O/c1-3-17-6-4-5-9(17)7-16(2)11-10(13)12(18)15-8-14-11/h8-9H,3-7,13H2,1-2H3,(H,14,15,18). The highest BCUT2D eigenvalue weighted by atomic mass is 16.1. The summed E-state index contributed by atoms with van der Waals surface area (Å²) in [5.74, 6) is 0.571. The normalized spacial score (nSPS) is 20.2. The zero-order valence-corrected chi connectivity index (χ0v) is 11.0. The second-order valence-corrected chi connectivity index (χ2v) is 4.77. The number of hydrogen-bond acceptors (Lipinski definition) is 5. The maximum absolute atomic E-state index is 11.4. The molecule has 3 N–H and O–H groups in total. The van der Waals surface area contributed by atoms with Crippen LogP contribution in [-0.4, -0.2) is 47.6 Å². The molecule has 6 nitrogen and oxygen atoms in total. The molecule has 6 heteroatoms. The number of nitrogens with one attached hydrogen (secondary N) is 1. The quantitative estimate of drug-likeness (QED) is 0.803. The number of rotatable bonds is 4. The maximum atomic E-state index is 11.4. The summed E-state index contributed by atoms with van der Waals surface area (Å²) in [5.41, 5.74) is 5.69. The summed E-state index contributed by atoms with van der Waals surface area (Å²) in [7, 11) is 1.93. The Labute approximate surface area is 107 Å². The molecule has 0 aromatic carbocycles. The first-order valence-electron chi connectivity index (χ1n) is 6.41. The van der Waals surface area contributed by atoms with Gasteiger partial charge in [-0.2, -0.15) is 0 Å². The van der Waals surface area contributed by atoms with Crippen LogP contribution in [0, 0.1) is 0 Å². The minimum atomic E-state index is -0.273. The van der Waals surface area contributed by atoms with Crippen LogP contribution < -0.4 is 16.2 Å². The molecule has 1 aromatic heterocycles. The molecule has 1 aliphatic rings. The molecule has 1 fully saturated rings. The Morgan fingerprint density at radius 1 is 1.67 bits per heavy atom. The lowest BCUT2D eigenvalue weighted by Gasteiger charge is -2.28. The molecule has 0 radical (unpaired) electrons. The van der Waals surface area contributed by atoms with Crippen molar-refractivity contribution in [2.45, 2.75) is 25.8 Å². The topological polar surface area (TPSA) is 78.2 Å². The van der Waals surface area contributed by atoms with E-state index in [4.69, 9.17) is 5.73 Å². The molecule has 1 atom stereocenters. The third-order valence-electron chi connectivity index (χ3n) is 3.62. The van der Waals surface area contributed by atoms with Gasteiger partial charge in [0.15, 0.2) is 5.82 Å². The number of likely N-dealkylation sites (tertiary alicyclic amines) is 1. The number of anilines is 2. The van der Waals surface area contributed by atoms with Gasteiger partial charge in [0.2, 0.25) is 0 Å². The van der Waals surface area contributed by atoms with Crippen LogP contribution in [0.4, 0.5) is 11.5 Å². The van der Waals surface area contributed by atoms with E-state index >= 15 is 0 Å². The summed E-state index contributed by atoms with van der Waals surface area (Å²) in [6.45, 7) is 5.26. The van der Waals surface area contributed by atoms with Crippen molar-refractivity contribution in [1.82, 2.24) is 14.9 Å². The SMILES string of the molecule is CCN1CCCC1CN(C)c1nc[nH]c(=O)c1N. The fraction of sp³-hybridized carbons (Fsp3) is 0.667. The van der Waals surface area contributed by atoms with Crippen LogP contribution in [0.25, 0.3) is 0 Å². The molecule has 0 aliphatic carbocycles. The predicted molar refractivity (Wildman–Crippen MR) is 72.8 cm³/mol. The van der Waals surface area contributed by atoms with Crippen molar-refractivity contribution in [2.24, 2.45) is 0 Å². The van der Waals surface area contributed by atoms with E-state index in [0.717, 1.165) is 19.6 Å². The van der Waals surface area contributed by atoms with Gasteiger partial charge >= 0.3 is 0 Å². The van der Waals surface area contributed by atoms with Crippen LogP contribution in [0.3, 0.4) is 0 Å². The smallest absolute Gasteiger partial charge is 0.276 e. The van der Waals surface area contributed by atoms with E-state index in [1.54, 1.807) is 0 Å². The molecule has 1 saturated heterocycles. The number of likely N-dealkylation sites (N-methyl/N-ethyl adjacent to an activating group) is 2. The van der Waals surface area contributed by atoms with E-state index < -0.39 is 0 Å². The molecule has 0 bridgehead atoms. The fourth-order valence-electron chi connectivity index (χ4n) is 2.63. The molecule has 100 valence electrons. The first kappa shape index (κ1) is 12.9. The molecule has 1 aromatic rings. The molecular weight excluding hydrogens is 230 g/mol. The third-order valence-corrected chi connectivity index (χ3v) is 3.62. The van der Waals surface area contributed by atoms with Crippen molar-refractivity contribution in [3.8, 4) is 0 Å². The van der Waals surface area contributed by atoms with Gasteiger partial charge in [-0.05, 0) is 25.9 Å². The van der Waals surface area contributed by atoms with Crippen LogP contribution in [0.1, 0.15) is 19.8 Å². The van der Waals surface area contributed by atoms with Crippen molar-refractivity contribution in [3.05, 3.63) is 16.7 Å². The average Bonchev–Trinajstić information content (AvgIpc) is 2.79. The lowest BCUT2D eigenvalue weighted by atomic mass is 10.2. The molecule has 1 aliphatic heterocycles. The largest absolute Gasteiger partial charge is 0.391 e. The summed E-state index contributed by atoms with van der Waals surface area (Å²) in [5, 5.41) is 0. The van der Waals surface area contributed by atoms with Gasteiger partial charge in [-0.3, -0.25) is 9.69 Å². The highest BCUT2D eigenvalue weighted by Gasteiger charge is 2.25. The fourth-order valence-corrected chi connectivity index (χ4v) is 2.63. The van der Waals surface area contributed by atoms with Crippen LogP contribution >= 0.6 is 0 Å². The second-order valence-electron chi connectivity index (χ2n) is 4.77. The second kappa shape index (κ2) is 5.39. The Bertz CT molecular complexity index is 458. The lowest BCUT2D eigenvalue weighted by molar-refractivity contribution is 0.270. The van der Waals surface area contributed by atoms with Gasteiger partial charge < -0.3 is 15.6 Å². The number of nitrogen functional groups attached to an aromatic ring is 1. The summed E-state index contributed by atoms with van der Waals surface area (Å²) in [4.78, 5) is 22.5. The van der Waals surface area contributed by atoms with Crippen LogP contribution in [0.5, 0.6) is 0 Å². The molecule has 0 saturated carbocycles. The number of nitrogens with two attached hydrogens (primary N) is 1. The van der Waals surface area contributed by atoms with Gasteiger partial charge in [-0.25, -0.2) is 4.98 Å². The lowest BCUT2D eigenvalue weighted by Crippen LogP contribution is -2.39. The van der Waals surface area contributed by atoms with Gasteiger partial charge in [0.25, 0.3) is 5.56 Å². The summed E-state index contributed by atoms with van der Waals surface area (Å²) in [6, 6.07) is 0.528. The van der Waals surface area contributed by atoms with Crippen molar-refractivity contribution >= 4 is 11.5 Å². The number of H-pyrrole nitrogens is 1. The zero-order valence-electron chi connectivity index (χ0n) is 11.0. The van der Waals surface area contributed by atoms with Gasteiger partial charge in [0, 0.05) is 19.6 Å². The summed E-state index contributed by atoms with van der Waals surface area (Å²) >= 11 is 0.